The van der Waals surface area contributed by atoms with Gasteiger partial charge in [-0.05, 0) is 75.5 Å². The molecule has 0 atom stereocenters. The highest BCUT2D eigenvalue weighted by Crippen LogP contribution is 2.44. The highest BCUT2D eigenvalue weighted by molar-refractivity contribution is 7.91. The van der Waals surface area contributed by atoms with Crippen LogP contribution in [-0.4, -0.2) is 96.2 Å². The zero-order valence-electron chi connectivity index (χ0n) is 27.5. The third kappa shape index (κ3) is 6.54. The molecule has 1 spiro atoms. The number of piperidine rings is 1. The molecule has 0 bridgehead atoms. The van der Waals surface area contributed by atoms with Crippen LogP contribution in [0.25, 0.3) is 21.1 Å². The van der Waals surface area contributed by atoms with E-state index in [9.17, 15) is 26.9 Å². The molecule has 48 heavy (non-hydrogen) atoms. The van der Waals surface area contributed by atoms with Crippen LogP contribution in [0.2, 0.25) is 0 Å². The molecule has 256 valence electrons. The van der Waals surface area contributed by atoms with E-state index in [-0.39, 0.29) is 15.5 Å². The second-order valence-corrected chi connectivity index (χ2v) is 17.5. The number of aromatic nitrogens is 3. The topological polar surface area (TPSA) is 98.4 Å². The van der Waals surface area contributed by atoms with Gasteiger partial charge in [0.2, 0.25) is 0 Å². The number of sulfone groups is 1. The fourth-order valence-corrected chi connectivity index (χ4v) is 10.2. The fourth-order valence-electron chi connectivity index (χ4n) is 8.04. The van der Waals surface area contributed by atoms with Crippen LogP contribution in [0.3, 0.4) is 0 Å². The van der Waals surface area contributed by atoms with Crippen molar-refractivity contribution in [2.75, 3.05) is 57.0 Å². The van der Waals surface area contributed by atoms with E-state index in [4.69, 9.17) is 0 Å². The smallest absolute Gasteiger partial charge is 0.355 e. The molecule has 3 fully saturated rings. The van der Waals surface area contributed by atoms with E-state index in [0.717, 1.165) is 86.8 Å². The van der Waals surface area contributed by atoms with Crippen LogP contribution in [0.5, 0.6) is 0 Å². The number of hydrogen-bond acceptors (Lipinski definition) is 9. The molecule has 3 saturated heterocycles. The quantitative estimate of drug-likeness (QED) is 0.239. The largest absolute Gasteiger partial charge is 0.393 e. The van der Waals surface area contributed by atoms with E-state index in [1.807, 2.05) is 6.07 Å². The third-order valence-corrected chi connectivity index (χ3v) is 13.2. The highest BCUT2D eigenvalue weighted by atomic mass is 32.2. The molecule has 0 aliphatic carbocycles. The fraction of sp³-hybridized carbons (Fsp3) is 0.559. The molecule has 1 aromatic carbocycles. The number of rotatable bonds is 8. The maximum absolute atomic E-state index is 13.1. The number of nitrogens with zero attached hydrogens (tertiary/aromatic N) is 7. The van der Waals surface area contributed by atoms with Crippen LogP contribution in [0.15, 0.2) is 24.3 Å². The maximum Gasteiger partial charge on any atom is 0.393 e. The van der Waals surface area contributed by atoms with Crippen LogP contribution in [-0.2, 0) is 29.3 Å². The van der Waals surface area contributed by atoms with Crippen molar-refractivity contribution in [3.8, 4) is 6.07 Å². The van der Waals surface area contributed by atoms with Crippen molar-refractivity contribution in [1.82, 2.24) is 24.3 Å². The minimum absolute atomic E-state index is 0.126. The van der Waals surface area contributed by atoms with Crippen molar-refractivity contribution in [1.29, 1.82) is 5.26 Å². The van der Waals surface area contributed by atoms with Gasteiger partial charge in [-0.15, -0.1) is 11.3 Å². The molecule has 0 radical (unpaired) electrons. The number of halogens is 3. The summed E-state index contributed by atoms with van der Waals surface area (Å²) < 4.78 is 65.2. The zero-order valence-corrected chi connectivity index (χ0v) is 29.1. The molecule has 4 aromatic rings. The molecule has 3 aromatic heterocycles. The molecule has 3 aliphatic heterocycles. The maximum atomic E-state index is 13.1. The Balaban J connectivity index is 0.999. The molecular formula is C34H40F3N7O2S2. The normalized spacial score (nSPS) is 19.5. The van der Waals surface area contributed by atoms with Gasteiger partial charge >= 0.3 is 6.18 Å². The van der Waals surface area contributed by atoms with Gasteiger partial charge < -0.3 is 14.4 Å². The molecule has 3 aliphatic rings. The number of fused-ring (bicyclic) bond motifs is 2. The van der Waals surface area contributed by atoms with Crippen molar-refractivity contribution in [2.24, 2.45) is 5.41 Å². The van der Waals surface area contributed by atoms with Crippen molar-refractivity contribution in [3.63, 3.8) is 0 Å². The first-order valence-corrected chi connectivity index (χ1v) is 19.2. The van der Waals surface area contributed by atoms with E-state index < -0.39 is 22.4 Å². The summed E-state index contributed by atoms with van der Waals surface area (Å²) in [4.78, 5) is 17.0. The number of nitriles is 1. The second kappa shape index (κ2) is 12.3. The number of anilines is 1. The summed E-state index contributed by atoms with van der Waals surface area (Å²) in [6.45, 7) is 11.2. The Labute approximate surface area is 282 Å². The summed E-state index contributed by atoms with van der Waals surface area (Å²) in [5.74, 6) is 1.32. The van der Waals surface area contributed by atoms with E-state index in [0.29, 0.717) is 41.1 Å². The Morgan fingerprint density at radius 2 is 1.77 bits per heavy atom. The third-order valence-electron chi connectivity index (χ3n) is 10.5. The molecule has 0 unspecified atom stereocenters. The number of hydrogen-bond donors (Lipinski definition) is 0. The van der Waals surface area contributed by atoms with Gasteiger partial charge in [0.05, 0.1) is 17.1 Å². The number of likely N-dealkylation sites (tertiary alicyclic amines) is 2. The van der Waals surface area contributed by atoms with Gasteiger partial charge in [0.1, 0.15) is 38.1 Å². The Bertz CT molecular complexity index is 2020. The van der Waals surface area contributed by atoms with Crippen molar-refractivity contribution >= 4 is 48.1 Å². The standard InChI is InChI=1S/C34H40F3N7O2S2/c1-22-24(4-5-30-28(22)14-25(17-38)44(30)13-12-41-9-6-27(7-10-41)48(3,45)46)18-42-19-33(20-42)8-11-43(21-33)31-29-15-26(16-34(35,36)37)47-32(29)40-23(2)39-31/h4-5,14-15,27H,6-13,16,18-21H2,1-3H3. The Hall–Kier alpha value is -3.25. The SMILES string of the molecule is Cc1nc(N2CCC3(CN(Cc4ccc5c(cc(C#N)n5CCN5CCC(S(C)(=O)=O)CC5)c4C)C3)C2)c2cc(CC(F)(F)F)sc2n1. The summed E-state index contributed by atoms with van der Waals surface area (Å²) in [6, 6.07) is 10.3. The summed E-state index contributed by atoms with van der Waals surface area (Å²) >= 11 is 1.10. The van der Waals surface area contributed by atoms with Crippen molar-refractivity contribution < 1.29 is 21.6 Å². The first-order valence-electron chi connectivity index (χ1n) is 16.4. The van der Waals surface area contributed by atoms with E-state index in [1.54, 1.807) is 13.0 Å². The Morgan fingerprint density at radius 1 is 1.02 bits per heavy atom. The van der Waals surface area contributed by atoms with Crippen LogP contribution < -0.4 is 4.90 Å². The van der Waals surface area contributed by atoms with Gasteiger partial charge in [-0.1, -0.05) is 6.07 Å². The molecule has 7 rings (SSSR count). The number of aryl methyl sites for hydroxylation is 2. The summed E-state index contributed by atoms with van der Waals surface area (Å²) in [5, 5.41) is 11.5. The lowest BCUT2D eigenvalue weighted by molar-refractivity contribution is -0.126. The zero-order chi connectivity index (χ0) is 34.0. The molecule has 6 heterocycles. The lowest BCUT2D eigenvalue weighted by atomic mass is 9.78. The van der Waals surface area contributed by atoms with Crippen LogP contribution in [0.1, 0.15) is 46.8 Å². The predicted octanol–water partition coefficient (Wildman–Crippen LogP) is 5.46. The predicted molar refractivity (Wildman–Crippen MR) is 182 cm³/mol. The van der Waals surface area contributed by atoms with Crippen LogP contribution in [0.4, 0.5) is 19.0 Å². The average Bonchev–Trinajstić information content (AvgIpc) is 3.71. The second-order valence-electron chi connectivity index (χ2n) is 14.1. The highest BCUT2D eigenvalue weighted by Gasteiger charge is 2.48. The summed E-state index contributed by atoms with van der Waals surface area (Å²) in [5.41, 5.74) is 4.22. The monoisotopic (exact) mass is 699 g/mol. The average molecular weight is 700 g/mol. The molecule has 14 heteroatoms. The van der Waals surface area contributed by atoms with Crippen LogP contribution in [0, 0.1) is 30.6 Å². The minimum atomic E-state index is -4.26. The van der Waals surface area contributed by atoms with Gasteiger partial charge in [0.15, 0.2) is 0 Å². The minimum Gasteiger partial charge on any atom is -0.355 e. The van der Waals surface area contributed by atoms with Crippen LogP contribution >= 0.6 is 11.3 Å². The molecule has 9 nitrogen and oxygen atoms in total. The molecule has 0 amide bonds. The van der Waals surface area contributed by atoms with Crippen molar-refractivity contribution in [2.45, 2.75) is 64.0 Å². The van der Waals surface area contributed by atoms with Gasteiger partial charge in [0.25, 0.3) is 0 Å². The number of alkyl halides is 3. The van der Waals surface area contributed by atoms with Gasteiger partial charge in [-0.2, -0.15) is 18.4 Å². The molecule has 0 saturated carbocycles. The Kier molecular flexibility index (Phi) is 8.50. The van der Waals surface area contributed by atoms with E-state index in [2.05, 4.69) is 54.4 Å². The summed E-state index contributed by atoms with van der Waals surface area (Å²) in [6.07, 6.45) is -1.58. The lowest BCUT2D eigenvalue weighted by Crippen LogP contribution is -2.56. The van der Waals surface area contributed by atoms with E-state index >= 15 is 0 Å². The first-order chi connectivity index (χ1) is 22.7. The Morgan fingerprint density at radius 3 is 2.46 bits per heavy atom. The van der Waals surface area contributed by atoms with Crippen molar-refractivity contribution in [3.05, 3.63) is 51.8 Å². The first kappa shape index (κ1) is 33.3. The number of benzene rings is 1. The lowest BCUT2D eigenvalue weighted by Gasteiger charge is -2.48. The summed E-state index contributed by atoms with van der Waals surface area (Å²) in [7, 11) is -3.01. The van der Waals surface area contributed by atoms with Gasteiger partial charge in [-0.25, -0.2) is 18.4 Å². The van der Waals surface area contributed by atoms with Gasteiger partial charge in [-0.3, -0.25) is 4.90 Å². The number of thiophene rings is 1. The molecular weight excluding hydrogens is 660 g/mol. The van der Waals surface area contributed by atoms with E-state index in [1.165, 1.54) is 17.4 Å². The van der Waals surface area contributed by atoms with Gasteiger partial charge in [0, 0.05) is 73.3 Å². The molecule has 0 N–H and O–H groups in total.